The number of aromatic nitrogens is 3. The zero-order chi connectivity index (χ0) is 22.2. The van der Waals surface area contributed by atoms with Gasteiger partial charge < -0.3 is 4.74 Å². The Morgan fingerprint density at radius 3 is 2.75 bits per heavy atom. The molecule has 0 spiro atoms. The summed E-state index contributed by atoms with van der Waals surface area (Å²) in [6.07, 6.45) is 6.23. The van der Waals surface area contributed by atoms with Crippen LogP contribution < -0.4 is 10.2 Å². The Morgan fingerprint density at radius 2 is 2.00 bits per heavy atom. The summed E-state index contributed by atoms with van der Waals surface area (Å²) in [4.78, 5) is 18.0. The molecule has 1 aliphatic heterocycles. The zero-order valence-electron chi connectivity index (χ0n) is 17.8. The van der Waals surface area contributed by atoms with Crippen LogP contribution in [0.2, 0.25) is 0 Å². The number of benzene rings is 1. The number of ether oxygens (including phenoxy) is 1. The van der Waals surface area contributed by atoms with E-state index in [1.165, 1.54) is 0 Å². The SMILES string of the molecule is CN(C1CCOC1)S(=O)Nc1ccc2ccc3ncc(-c4cnn(C)c4)cc3c(=O)c2c1. The molecule has 0 amide bonds. The fourth-order valence-electron chi connectivity index (χ4n) is 3.91. The maximum atomic E-state index is 13.5. The molecule has 0 saturated carbocycles. The molecule has 32 heavy (non-hydrogen) atoms. The number of aryl methyl sites for hydroxylation is 1. The van der Waals surface area contributed by atoms with Gasteiger partial charge in [-0.1, -0.05) is 12.1 Å². The number of anilines is 1. The Balaban J connectivity index is 1.55. The molecule has 2 aromatic carbocycles. The molecule has 1 aliphatic rings. The van der Waals surface area contributed by atoms with Crippen molar-refractivity contribution in [3.63, 3.8) is 0 Å². The lowest BCUT2D eigenvalue weighted by Gasteiger charge is -2.21. The Hall–Kier alpha value is -3.14. The Labute approximate surface area is 187 Å². The summed E-state index contributed by atoms with van der Waals surface area (Å²) in [7, 11) is 3.65. The number of nitrogens with zero attached hydrogens (tertiary/aromatic N) is 4. The first-order chi connectivity index (χ1) is 15.5. The van der Waals surface area contributed by atoms with Crippen molar-refractivity contribution in [2.75, 3.05) is 25.0 Å². The third-order valence-corrected chi connectivity index (χ3v) is 7.04. The summed E-state index contributed by atoms with van der Waals surface area (Å²) in [6.45, 7) is 1.25. The van der Waals surface area contributed by atoms with Crippen molar-refractivity contribution >= 4 is 38.5 Å². The molecule has 3 heterocycles. The van der Waals surface area contributed by atoms with E-state index < -0.39 is 11.2 Å². The first-order valence-electron chi connectivity index (χ1n) is 10.3. The average Bonchev–Trinajstić information content (AvgIpc) is 3.46. The summed E-state index contributed by atoms with van der Waals surface area (Å²) in [5.74, 6) is 0. The summed E-state index contributed by atoms with van der Waals surface area (Å²) in [5.41, 5.74) is 2.85. The van der Waals surface area contributed by atoms with Gasteiger partial charge in [0.25, 0.3) is 0 Å². The van der Waals surface area contributed by atoms with Crippen molar-refractivity contribution in [1.82, 2.24) is 19.1 Å². The molecule has 2 unspecified atom stereocenters. The van der Waals surface area contributed by atoms with Crippen LogP contribution in [0.5, 0.6) is 0 Å². The average molecular weight is 450 g/mol. The van der Waals surface area contributed by atoms with Gasteiger partial charge in [0.15, 0.2) is 16.6 Å². The number of hydrogen-bond donors (Lipinski definition) is 1. The highest BCUT2D eigenvalue weighted by atomic mass is 32.2. The molecule has 1 saturated heterocycles. The lowest BCUT2D eigenvalue weighted by Crippen LogP contribution is -2.36. The van der Waals surface area contributed by atoms with Gasteiger partial charge in [-0.2, -0.15) is 5.10 Å². The molecule has 1 fully saturated rings. The third-order valence-electron chi connectivity index (χ3n) is 5.81. The zero-order valence-corrected chi connectivity index (χ0v) is 18.6. The van der Waals surface area contributed by atoms with E-state index >= 15 is 0 Å². The standard InChI is InChI=1S/C23H23N5O3S/c1-27-13-17(12-25-27)16-9-21-22(24-11-16)6-4-15-3-5-18(10-20(15)23(21)29)26-32(30)28(2)19-7-8-31-14-19/h3-6,9-13,19,26H,7-8,14H2,1-2H3. The van der Waals surface area contributed by atoms with Crippen LogP contribution in [-0.4, -0.2) is 49.6 Å². The summed E-state index contributed by atoms with van der Waals surface area (Å²) in [6, 6.07) is 11.1. The van der Waals surface area contributed by atoms with Crippen LogP contribution in [0, 0.1) is 0 Å². The molecule has 2 atom stereocenters. The fraction of sp³-hybridized carbons (Fsp3) is 0.261. The first kappa shape index (κ1) is 20.7. The lowest BCUT2D eigenvalue weighted by molar-refractivity contribution is 0.182. The molecule has 5 rings (SSSR count). The normalized spacial score (nSPS) is 17.3. The van der Waals surface area contributed by atoms with Crippen molar-refractivity contribution in [2.45, 2.75) is 12.5 Å². The van der Waals surface area contributed by atoms with Crippen molar-refractivity contribution in [2.24, 2.45) is 7.05 Å². The highest BCUT2D eigenvalue weighted by Crippen LogP contribution is 2.23. The maximum Gasteiger partial charge on any atom is 0.196 e. The van der Waals surface area contributed by atoms with Gasteiger partial charge in [0.1, 0.15) is 0 Å². The van der Waals surface area contributed by atoms with Crippen LogP contribution >= 0.6 is 0 Å². The second-order valence-electron chi connectivity index (χ2n) is 7.94. The molecule has 8 nitrogen and oxygen atoms in total. The highest BCUT2D eigenvalue weighted by Gasteiger charge is 2.24. The smallest absolute Gasteiger partial charge is 0.196 e. The Kier molecular flexibility index (Phi) is 5.46. The van der Waals surface area contributed by atoms with Gasteiger partial charge in [-0.25, -0.2) is 8.51 Å². The van der Waals surface area contributed by atoms with E-state index in [0.717, 1.165) is 22.9 Å². The van der Waals surface area contributed by atoms with Crippen LogP contribution in [0.3, 0.4) is 0 Å². The van der Waals surface area contributed by atoms with Crippen molar-refractivity contribution in [1.29, 1.82) is 0 Å². The molecule has 4 aromatic rings. The van der Waals surface area contributed by atoms with E-state index in [0.29, 0.717) is 35.2 Å². The number of rotatable bonds is 5. The Morgan fingerprint density at radius 1 is 1.16 bits per heavy atom. The number of fused-ring (bicyclic) bond motifs is 2. The molecular weight excluding hydrogens is 426 g/mol. The molecule has 0 bridgehead atoms. The van der Waals surface area contributed by atoms with Crippen LogP contribution in [0.25, 0.3) is 32.8 Å². The predicted molar refractivity (Wildman–Crippen MR) is 126 cm³/mol. The molecule has 1 N–H and O–H groups in total. The molecule has 2 aromatic heterocycles. The van der Waals surface area contributed by atoms with Gasteiger partial charge in [-0.3, -0.25) is 19.2 Å². The van der Waals surface area contributed by atoms with E-state index in [2.05, 4.69) is 14.8 Å². The molecular formula is C23H23N5O3S. The van der Waals surface area contributed by atoms with Crippen molar-refractivity contribution in [3.8, 4) is 11.1 Å². The molecule has 9 heteroatoms. The van der Waals surface area contributed by atoms with Gasteiger partial charge in [0.05, 0.1) is 18.3 Å². The first-order valence-corrected chi connectivity index (χ1v) is 11.5. The monoisotopic (exact) mass is 449 g/mol. The fourth-order valence-corrected chi connectivity index (χ4v) is 4.82. The van der Waals surface area contributed by atoms with Gasteiger partial charge in [0, 0.05) is 66.7 Å². The summed E-state index contributed by atoms with van der Waals surface area (Å²) >= 11 is -1.44. The predicted octanol–water partition coefficient (Wildman–Crippen LogP) is 2.86. The largest absolute Gasteiger partial charge is 0.380 e. The number of hydrogen-bond acceptors (Lipinski definition) is 5. The van der Waals surface area contributed by atoms with E-state index in [1.54, 1.807) is 27.4 Å². The van der Waals surface area contributed by atoms with Gasteiger partial charge in [0.2, 0.25) is 0 Å². The minimum atomic E-state index is -1.44. The number of likely N-dealkylation sites (N-methyl/N-ethyl adjacent to an activating group) is 1. The van der Waals surface area contributed by atoms with E-state index in [1.807, 2.05) is 50.6 Å². The molecule has 0 aliphatic carbocycles. The number of nitrogens with one attached hydrogen (secondary N) is 1. The van der Waals surface area contributed by atoms with Gasteiger partial charge in [-0.05, 0) is 36.1 Å². The third kappa shape index (κ3) is 3.90. The van der Waals surface area contributed by atoms with E-state index in [4.69, 9.17) is 4.74 Å². The molecule has 164 valence electrons. The van der Waals surface area contributed by atoms with Crippen LogP contribution in [0.1, 0.15) is 6.42 Å². The van der Waals surface area contributed by atoms with Gasteiger partial charge >= 0.3 is 0 Å². The van der Waals surface area contributed by atoms with Crippen LogP contribution in [-0.2, 0) is 23.0 Å². The van der Waals surface area contributed by atoms with Crippen LogP contribution in [0.15, 0.2) is 59.8 Å². The topological polar surface area (TPSA) is 89.3 Å². The minimum absolute atomic E-state index is 0.109. The van der Waals surface area contributed by atoms with E-state index in [9.17, 15) is 9.00 Å². The quantitative estimate of drug-likeness (QED) is 0.506. The summed E-state index contributed by atoms with van der Waals surface area (Å²) in [5, 5.41) is 6.07. The number of pyridine rings is 1. The Bertz CT molecular complexity index is 1400. The van der Waals surface area contributed by atoms with Crippen molar-refractivity contribution in [3.05, 3.63) is 65.2 Å². The minimum Gasteiger partial charge on any atom is -0.380 e. The summed E-state index contributed by atoms with van der Waals surface area (Å²) < 4.78 is 24.7. The lowest BCUT2D eigenvalue weighted by atomic mass is 10.1. The van der Waals surface area contributed by atoms with Crippen LogP contribution in [0.4, 0.5) is 5.69 Å². The molecule has 0 radical (unpaired) electrons. The highest BCUT2D eigenvalue weighted by molar-refractivity contribution is 7.84. The van der Waals surface area contributed by atoms with Gasteiger partial charge in [-0.15, -0.1) is 0 Å². The van der Waals surface area contributed by atoms with Crippen molar-refractivity contribution < 1.29 is 8.95 Å². The second-order valence-corrected chi connectivity index (χ2v) is 9.22. The second kappa shape index (κ2) is 8.42. The maximum absolute atomic E-state index is 13.5. The van der Waals surface area contributed by atoms with E-state index in [-0.39, 0.29) is 11.5 Å².